The molecule has 8 heteroatoms. The third-order valence-corrected chi connectivity index (χ3v) is 8.01. The predicted octanol–water partition coefficient (Wildman–Crippen LogP) is 3.69. The van der Waals surface area contributed by atoms with E-state index in [4.69, 9.17) is 4.74 Å². The van der Waals surface area contributed by atoms with Crippen LogP contribution in [0.2, 0.25) is 0 Å². The van der Waals surface area contributed by atoms with Gasteiger partial charge in [-0.2, -0.15) is 4.31 Å². The second-order valence-electron chi connectivity index (χ2n) is 7.29. The Bertz CT molecular complexity index is 1150. The second-order valence-corrected chi connectivity index (χ2v) is 10.2. The van der Waals surface area contributed by atoms with Gasteiger partial charge in [-0.1, -0.05) is 48.5 Å². The van der Waals surface area contributed by atoms with Crippen LogP contribution >= 0.6 is 11.3 Å². The van der Waals surface area contributed by atoms with E-state index < -0.39 is 10.0 Å². The van der Waals surface area contributed by atoms with Gasteiger partial charge in [0.25, 0.3) is 0 Å². The quantitative estimate of drug-likeness (QED) is 0.537. The fraction of sp³-hybridized carbons (Fsp3) is 0.208. The van der Waals surface area contributed by atoms with Gasteiger partial charge < -0.3 is 10.1 Å². The maximum atomic E-state index is 12.7. The first kappa shape index (κ1) is 22.4. The molecule has 1 aliphatic rings. The summed E-state index contributed by atoms with van der Waals surface area (Å²) in [7, 11) is -3.53. The molecule has 0 spiro atoms. The molecule has 0 bridgehead atoms. The molecule has 0 aliphatic carbocycles. The van der Waals surface area contributed by atoms with Crippen LogP contribution < -0.4 is 5.32 Å². The second kappa shape index (κ2) is 10.2. The topological polar surface area (TPSA) is 75.7 Å². The fourth-order valence-electron chi connectivity index (χ4n) is 3.47. The highest BCUT2D eigenvalue weighted by Crippen LogP contribution is 2.26. The van der Waals surface area contributed by atoms with Crippen LogP contribution in [0.1, 0.15) is 22.0 Å². The molecule has 1 unspecified atom stereocenters. The zero-order valence-corrected chi connectivity index (χ0v) is 19.0. The highest BCUT2D eigenvalue weighted by atomic mass is 32.2. The van der Waals surface area contributed by atoms with Gasteiger partial charge in [0, 0.05) is 24.0 Å². The number of thiophene rings is 1. The Hall–Kier alpha value is -2.78. The van der Waals surface area contributed by atoms with Crippen molar-refractivity contribution in [1.82, 2.24) is 9.62 Å². The Balaban J connectivity index is 1.44. The van der Waals surface area contributed by atoms with Crippen LogP contribution in [0.15, 0.2) is 83.1 Å². The smallest absolute Gasteiger partial charge is 0.244 e. The van der Waals surface area contributed by atoms with Gasteiger partial charge >= 0.3 is 0 Å². The molecular formula is C24H24N2O4S2. The standard InChI is InChI=1S/C24H24N2O4S2/c27-23(25-24(22-7-4-18-31-22)20-5-2-1-3-6-20)13-10-19-8-11-21(12-9-19)32(28,29)26-14-16-30-17-15-26/h1-13,18,24H,14-17H2,(H,25,27)/b13-10+. The summed E-state index contributed by atoms with van der Waals surface area (Å²) in [5.74, 6) is -0.225. The van der Waals surface area contributed by atoms with Crippen molar-refractivity contribution in [2.75, 3.05) is 26.3 Å². The first-order valence-corrected chi connectivity index (χ1v) is 12.6. The normalized spacial score (nSPS) is 16.1. The lowest BCUT2D eigenvalue weighted by atomic mass is 10.1. The summed E-state index contributed by atoms with van der Waals surface area (Å²) in [6, 6.07) is 20.1. The Labute approximate surface area is 192 Å². The Morgan fingerprint density at radius 2 is 1.72 bits per heavy atom. The first-order valence-electron chi connectivity index (χ1n) is 10.3. The van der Waals surface area contributed by atoms with E-state index in [-0.39, 0.29) is 16.8 Å². The Morgan fingerprint density at radius 3 is 2.38 bits per heavy atom. The summed E-state index contributed by atoms with van der Waals surface area (Å²) in [5.41, 5.74) is 1.75. The van der Waals surface area contributed by atoms with E-state index in [1.807, 2.05) is 47.8 Å². The van der Waals surface area contributed by atoms with Crippen LogP contribution in [0.3, 0.4) is 0 Å². The number of nitrogens with one attached hydrogen (secondary N) is 1. The van der Waals surface area contributed by atoms with Gasteiger partial charge in [0.2, 0.25) is 15.9 Å². The SMILES string of the molecule is O=C(/C=C/c1ccc(S(=O)(=O)N2CCOCC2)cc1)NC(c1ccccc1)c1cccs1. The molecule has 0 saturated carbocycles. The monoisotopic (exact) mass is 468 g/mol. The molecule has 1 atom stereocenters. The molecule has 1 N–H and O–H groups in total. The molecule has 32 heavy (non-hydrogen) atoms. The highest BCUT2D eigenvalue weighted by molar-refractivity contribution is 7.89. The Morgan fingerprint density at radius 1 is 1.00 bits per heavy atom. The largest absolute Gasteiger partial charge is 0.379 e. The lowest BCUT2D eigenvalue weighted by molar-refractivity contribution is -0.116. The minimum absolute atomic E-state index is 0.225. The summed E-state index contributed by atoms with van der Waals surface area (Å²) in [6.45, 7) is 1.53. The average Bonchev–Trinajstić information content (AvgIpc) is 3.37. The summed E-state index contributed by atoms with van der Waals surface area (Å²) in [6.07, 6.45) is 3.14. The van der Waals surface area contributed by atoms with Crippen molar-refractivity contribution >= 4 is 33.3 Å². The van der Waals surface area contributed by atoms with E-state index in [2.05, 4.69) is 5.32 Å². The number of rotatable bonds is 7. The van der Waals surface area contributed by atoms with Gasteiger partial charge in [0.15, 0.2) is 0 Å². The lowest BCUT2D eigenvalue weighted by Crippen LogP contribution is -2.40. The number of morpholine rings is 1. The number of carbonyl (C=O) groups is 1. The van der Waals surface area contributed by atoms with Crippen LogP contribution in [0, 0.1) is 0 Å². The number of amides is 1. The number of hydrogen-bond donors (Lipinski definition) is 1. The first-order chi connectivity index (χ1) is 15.5. The van der Waals surface area contributed by atoms with Crippen molar-refractivity contribution in [3.05, 3.63) is 94.2 Å². The van der Waals surface area contributed by atoms with E-state index in [1.165, 1.54) is 10.4 Å². The van der Waals surface area contributed by atoms with E-state index in [9.17, 15) is 13.2 Å². The van der Waals surface area contributed by atoms with Gasteiger partial charge in [0.05, 0.1) is 24.2 Å². The fourth-order valence-corrected chi connectivity index (χ4v) is 5.68. The molecule has 1 saturated heterocycles. The summed E-state index contributed by atoms with van der Waals surface area (Å²) >= 11 is 1.59. The van der Waals surface area contributed by atoms with Crippen LogP contribution in [0.5, 0.6) is 0 Å². The molecule has 4 rings (SSSR count). The maximum absolute atomic E-state index is 12.7. The molecule has 1 aromatic heterocycles. The van der Waals surface area contributed by atoms with Crippen molar-refractivity contribution in [3.63, 3.8) is 0 Å². The van der Waals surface area contributed by atoms with Crippen molar-refractivity contribution in [3.8, 4) is 0 Å². The van der Waals surface area contributed by atoms with Crippen molar-refractivity contribution < 1.29 is 17.9 Å². The lowest BCUT2D eigenvalue weighted by Gasteiger charge is -2.26. The van der Waals surface area contributed by atoms with Gasteiger partial charge in [-0.3, -0.25) is 4.79 Å². The number of benzene rings is 2. The van der Waals surface area contributed by atoms with E-state index >= 15 is 0 Å². The predicted molar refractivity (Wildman–Crippen MR) is 126 cm³/mol. The summed E-state index contributed by atoms with van der Waals surface area (Å²) in [5, 5.41) is 5.04. The van der Waals surface area contributed by atoms with Gasteiger partial charge in [-0.25, -0.2) is 8.42 Å². The molecular weight excluding hydrogens is 444 g/mol. The Kier molecular flexibility index (Phi) is 7.16. The zero-order valence-electron chi connectivity index (χ0n) is 17.4. The van der Waals surface area contributed by atoms with Gasteiger partial charge in [0.1, 0.15) is 0 Å². The number of hydrogen-bond acceptors (Lipinski definition) is 5. The number of sulfonamides is 1. The molecule has 166 valence electrons. The van der Waals surface area contributed by atoms with E-state index in [1.54, 1.807) is 41.7 Å². The summed E-state index contributed by atoms with van der Waals surface area (Å²) < 4.78 is 32.1. The number of ether oxygens (including phenoxy) is 1. The van der Waals surface area contributed by atoms with Crippen LogP contribution in [-0.2, 0) is 19.6 Å². The van der Waals surface area contributed by atoms with Crippen molar-refractivity contribution in [2.24, 2.45) is 0 Å². The number of nitrogens with zero attached hydrogens (tertiary/aromatic N) is 1. The van der Waals surface area contributed by atoms with Crippen LogP contribution in [0.25, 0.3) is 6.08 Å². The van der Waals surface area contributed by atoms with Crippen LogP contribution in [0.4, 0.5) is 0 Å². The minimum Gasteiger partial charge on any atom is -0.379 e. The van der Waals surface area contributed by atoms with Gasteiger partial charge in [-0.05, 0) is 40.8 Å². The maximum Gasteiger partial charge on any atom is 0.244 e. The molecule has 1 fully saturated rings. The average molecular weight is 469 g/mol. The number of carbonyl (C=O) groups excluding carboxylic acids is 1. The van der Waals surface area contributed by atoms with E-state index in [0.717, 1.165) is 16.0 Å². The molecule has 2 heterocycles. The summed E-state index contributed by atoms with van der Waals surface area (Å²) in [4.78, 5) is 13.9. The van der Waals surface area contributed by atoms with Crippen molar-refractivity contribution in [1.29, 1.82) is 0 Å². The molecule has 1 aliphatic heterocycles. The molecule has 1 amide bonds. The van der Waals surface area contributed by atoms with Crippen LogP contribution in [-0.4, -0.2) is 44.9 Å². The molecule has 3 aromatic rings. The van der Waals surface area contributed by atoms with Gasteiger partial charge in [-0.15, -0.1) is 11.3 Å². The molecule has 6 nitrogen and oxygen atoms in total. The van der Waals surface area contributed by atoms with Crippen molar-refractivity contribution in [2.45, 2.75) is 10.9 Å². The minimum atomic E-state index is -3.53. The third-order valence-electron chi connectivity index (χ3n) is 5.16. The van der Waals surface area contributed by atoms with E-state index in [0.29, 0.717) is 26.3 Å². The molecule has 0 radical (unpaired) electrons. The third kappa shape index (κ3) is 5.34. The molecule has 2 aromatic carbocycles. The zero-order chi connectivity index (χ0) is 22.4. The highest BCUT2D eigenvalue weighted by Gasteiger charge is 2.26.